The van der Waals surface area contributed by atoms with Gasteiger partial charge in [0.1, 0.15) is 5.82 Å². The first kappa shape index (κ1) is 12.8. The Morgan fingerprint density at radius 2 is 2.11 bits per heavy atom. The highest BCUT2D eigenvalue weighted by atomic mass is 32.1. The Morgan fingerprint density at radius 3 is 2.84 bits per heavy atom. The average Bonchev–Trinajstić information content (AvgIpc) is 3.16. The van der Waals surface area contributed by atoms with Crippen LogP contribution in [0.15, 0.2) is 0 Å². The Labute approximate surface area is 116 Å². The largest absolute Gasteiger partial charge is 0.481 e. The number of hydrogen-bond acceptors (Lipinski definition) is 5. The van der Waals surface area contributed by atoms with Crippen molar-refractivity contribution in [2.75, 3.05) is 11.9 Å². The summed E-state index contributed by atoms with van der Waals surface area (Å²) >= 11 is 1.40. The summed E-state index contributed by atoms with van der Waals surface area (Å²) in [6, 6.07) is 0. The van der Waals surface area contributed by atoms with E-state index in [-0.39, 0.29) is 11.8 Å². The second kappa shape index (κ2) is 5.45. The minimum absolute atomic E-state index is 0.197. The Hall–Kier alpha value is -1.17. The van der Waals surface area contributed by atoms with E-state index in [1.165, 1.54) is 24.4 Å². The molecule has 0 spiro atoms. The van der Waals surface area contributed by atoms with Crippen LogP contribution in [0.1, 0.15) is 50.3 Å². The van der Waals surface area contributed by atoms with Gasteiger partial charge in [0.25, 0.3) is 0 Å². The fourth-order valence-electron chi connectivity index (χ4n) is 2.81. The van der Waals surface area contributed by atoms with Crippen LogP contribution < -0.4 is 5.32 Å². The maximum absolute atomic E-state index is 11.2. The zero-order valence-electron chi connectivity index (χ0n) is 10.8. The number of anilines is 1. The summed E-state index contributed by atoms with van der Waals surface area (Å²) in [7, 11) is 0. The Kier molecular flexibility index (Phi) is 3.68. The molecular weight excluding hydrogens is 262 g/mol. The van der Waals surface area contributed by atoms with E-state index in [0.29, 0.717) is 12.5 Å². The van der Waals surface area contributed by atoms with Crippen LogP contribution in [0.3, 0.4) is 0 Å². The van der Waals surface area contributed by atoms with E-state index >= 15 is 0 Å². The third kappa shape index (κ3) is 3.05. The van der Waals surface area contributed by atoms with E-state index in [2.05, 4.69) is 14.7 Å². The number of rotatable bonds is 5. The van der Waals surface area contributed by atoms with Gasteiger partial charge in [-0.15, -0.1) is 0 Å². The molecule has 2 unspecified atom stereocenters. The van der Waals surface area contributed by atoms with Crippen LogP contribution in [0.4, 0.5) is 5.13 Å². The molecule has 1 heterocycles. The number of carboxylic acid groups (broad SMARTS) is 1. The summed E-state index contributed by atoms with van der Waals surface area (Å²) in [4.78, 5) is 15.7. The van der Waals surface area contributed by atoms with Gasteiger partial charge in [-0.3, -0.25) is 4.79 Å². The smallest absolute Gasteiger partial charge is 0.306 e. The van der Waals surface area contributed by atoms with Crippen molar-refractivity contribution in [3.8, 4) is 0 Å². The highest BCUT2D eigenvalue weighted by molar-refractivity contribution is 7.09. The van der Waals surface area contributed by atoms with Crippen molar-refractivity contribution >= 4 is 22.6 Å². The highest BCUT2D eigenvalue weighted by Crippen LogP contribution is 2.39. The van der Waals surface area contributed by atoms with E-state index in [4.69, 9.17) is 0 Å². The SMILES string of the molecule is O=C(O)C1CCCCC1CNc1nc(C2CC2)ns1. The number of carboxylic acids is 1. The van der Waals surface area contributed by atoms with Crippen molar-refractivity contribution in [2.45, 2.75) is 44.4 Å². The Bertz CT molecular complexity index is 458. The number of hydrogen-bond donors (Lipinski definition) is 2. The molecule has 3 rings (SSSR count). The topological polar surface area (TPSA) is 75.1 Å². The molecule has 2 aliphatic carbocycles. The fraction of sp³-hybridized carbons (Fsp3) is 0.769. The van der Waals surface area contributed by atoms with Crippen molar-refractivity contribution in [1.82, 2.24) is 9.36 Å². The first-order valence-corrected chi connectivity index (χ1v) is 7.81. The third-order valence-electron chi connectivity index (χ3n) is 4.13. The molecule has 0 amide bonds. The van der Waals surface area contributed by atoms with Gasteiger partial charge < -0.3 is 10.4 Å². The first-order valence-electron chi connectivity index (χ1n) is 7.04. The van der Waals surface area contributed by atoms with Gasteiger partial charge in [-0.2, -0.15) is 4.37 Å². The number of nitrogens with one attached hydrogen (secondary N) is 1. The van der Waals surface area contributed by atoms with E-state index in [0.717, 1.165) is 36.6 Å². The summed E-state index contributed by atoms with van der Waals surface area (Å²) in [5.41, 5.74) is 0. The molecule has 0 bridgehead atoms. The maximum Gasteiger partial charge on any atom is 0.306 e. The quantitative estimate of drug-likeness (QED) is 0.868. The van der Waals surface area contributed by atoms with Crippen LogP contribution in [-0.2, 0) is 4.79 Å². The normalized spacial score (nSPS) is 27.2. The molecule has 0 aliphatic heterocycles. The van der Waals surface area contributed by atoms with Crippen molar-refractivity contribution in [2.24, 2.45) is 11.8 Å². The van der Waals surface area contributed by atoms with Crippen LogP contribution in [-0.4, -0.2) is 27.0 Å². The number of aliphatic carboxylic acids is 1. The van der Waals surface area contributed by atoms with Crippen LogP contribution in [0.5, 0.6) is 0 Å². The van der Waals surface area contributed by atoms with E-state index < -0.39 is 5.97 Å². The van der Waals surface area contributed by atoms with Crippen molar-refractivity contribution < 1.29 is 9.90 Å². The maximum atomic E-state index is 11.2. The second-order valence-electron chi connectivity index (χ2n) is 5.60. The summed E-state index contributed by atoms with van der Waals surface area (Å²) in [6.45, 7) is 0.705. The van der Waals surface area contributed by atoms with Gasteiger partial charge in [0.05, 0.1) is 5.92 Å². The van der Waals surface area contributed by atoms with Gasteiger partial charge in [-0.05, 0) is 31.6 Å². The van der Waals surface area contributed by atoms with Crippen molar-refractivity contribution in [3.63, 3.8) is 0 Å². The molecule has 2 N–H and O–H groups in total. The summed E-state index contributed by atoms with van der Waals surface area (Å²) in [5, 5.41) is 13.4. The molecule has 0 saturated heterocycles. The van der Waals surface area contributed by atoms with Crippen LogP contribution in [0.25, 0.3) is 0 Å². The molecular formula is C13H19N3O2S. The molecule has 1 aromatic heterocycles. The third-order valence-corrected chi connectivity index (χ3v) is 4.81. The van der Waals surface area contributed by atoms with Crippen LogP contribution in [0.2, 0.25) is 0 Å². The molecule has 2 aliphatic rings. The van der Waals surface area contributed by atoms with Gasteiger partial charge in [-0.1, -0.05) is 12.8 Å². The molecule has 2 fully saturated rings. The van der Waals surface area contributed by atoms with Gasteiger partial charge in [0.2, 0.25) is 5.13 Å². The standard InChI is InChI=1S/C13H19N3O2S/c17-12(18)10-4-2-1-3-9(10)7-14-13-15-11(16-19-13)8-5-6-8/h8-10H,1-7H2,(H,17,18)(H,14,15,16). The second-order valence-corrected chi connectivity index (χ2v) is 6.35. The number of aromatic nitrogens is 2. The molecule has 5 nitrogen and oxygen atoms in total. The minimum Gasteiger partial charge on any atom is -0.481 e. The van der Waals surface area contributed by atoms with Crippen molar-refractivity contribution in [3.05, 3.63) is 5.82 Å². The van der Waals surface area contributed by atoms with E-state index in [1.807, 2.05) is 0 Å². The lowest BCUT2D eigenvalue weighted by atomic mass is 9.79. The Balaban J connectivity index is 1.55. The first-order chi connectivity index (χ1) is 9.24. The van der Waals surface area contributed by atoms with Crippen LogP contribution in [0, 0.1) is 11.8 Å². The molecule has 1 aromatic rings. The van der Waals surface area contributed by atoms with Crippen molar-refractivity contribution in [1.29, 1.82) is 0 Å². The van der Waals surface area contributed by atoms with E-state index in [9.17, 15) is 9.90 Å². The molecule has 0 radical (unpaired) electrons. The summed E-state index contributed by atoms with van der Waals surface area (Å²) in [5.74, 6) is 0.915. The van der Waals surface area contributed by atoms with Crippen LogP contribution >= 0.6 is 11.5 Å². The molecule has 2 saturated carbocycles. The lowest BCUT2D eigenvalue weighted by Crippen LogP contribution is -2.31. The highest BCUT2D eigenvalue weighted by Gasteiger charge is 2.31. The lowest BCUT2D eigenvalue weighted by Gasteiger charge is -2.28. The Morgan fingerprint density at radius 1 is 1.32 bits per heavy atom. The van der Waals surface area contributed by atoms with E-state index in [1.54, 1.807) is 0 Å². The number of carbonyl (C=O) groups is 1. The van der Waals surface area contributed by atoms with Gasteiger partial charge >= 0.3 is 5.97 Å². The monoisotopic (exact) mass is 281 g/mol. The molecule has 19 heavy (non-hydrogen) atoms. The zero-order chi connectivity index (χ0) is 13.2. The van der Waals surface area contributed by atoms with Gasteiger partial charge in [0.15, 0.2) is 0 Å². The minimum atomic E-state index is -0.651. The summed E-state index contributed by atoms with van der Waals surface area (Å²) in [6.07, 6.45) is 6.40. The fourth-order valence-corrected chi connectivity index (χ4v) is 3.46. The zero-order valence-corrected chi connectivity index (χ0v) is 11.7. The molecule has 2 atom stereocenters. The predicted octanol–water partition coefficient (Wildman–Crippen LogP) is 2.72. The molecule has 0 aromatic carbocycles. The molecule has 6 heteroatoms. The predicted molar refractivity (Wildman–Crippen MR) is 73.5 cm³/mol. The average molecular weight is 281 g/mol. The van der Waals surface area contributed by atoms with Gasteiger partial charge in [0, 0.05) is 24.0 Å². The molecule has 104 valence electrons. The summed E-state index contributed by atoms with van der Waals surface area (Å²) < 4.78 is 4.35. The van der Waals surface area contributed by atoms with Gasteiger partial charge in [-0.25, -0.2) is 4.98 Å². The lowest BCUT2D eigenvalue weighted by molar-refractivity contribution is -0.144. The number of nitrogens with zero attached hydrogens (tertiary/aromatic N) is 2.